The Hall–Kier alpha value is -2.65. The van der Waals surface area contributed by atoms with Gasteiger partial charge in [-0.05, 0) is 46.3 Å². The zero-order valence-corrected chi connectivity index (χ0v) is 14.3. The fourth-order valence-corrected chi connectivity index (χ4v) is 3.14. The van der Waals surface area contributed by atoms with Gasteiger partial charge in [-0.2, -0.15) is 0 Å². The Bertz CT molecular complexity index is 849. The summed E-state index contributed by atoms with van der Waals surface area (Å²) in [5.41, 5.74) is 3.90. The van der Waals surface area contributed by atoms with E-state index in [1.54, 1.807) is 36.4 Å². The number of rotatable bonds is 4. The zero-order valence-electron chi connectivity index (χ0n) is 14.3. The summed E-state index contributed by atoms with van der Waals surface area (Å²) >= 11 is 0. The lowest BCUT2D eigenvalue weighted by Gasteiger charge is -2.09. The van der Waals surface area contributed by atoms with E-state index in [0.29, 0.717) is 35.5 Å². The molecule has 2 aliphatic heterocycles. The van der Waals surface area contributed by atoms with Crippen molar-refractivity contribution in [1.82, 2.24) is 0 Å². The molecule has 2 aliphatic rings. The highest BCUT2D eigenvalue weighted by atomic mass is 16.5. The summed E-state index contributed by atoms with van der Waals surface area (Å²) in [7, 11) is -2.00. The SMILES string of the molecule is O=C(CC(=O)Nc1ccc2c(c1)B(O)OC2)Nc1ccc2c(c1)B(O)OC2. The highest BCUT2D eigenvalue weighted by Gasteiger charge is 2.28. The smallest absolute Gasteiger partial charge is 0.423 e. The Morgan fingerprint density at radius 3 is 1.74 bits per heavy atom. The van der Waals surface area contributed by atoms with E-state index in [0.717, 1.165) is 11.1 Å². The molecule has 4 N–H and O–H groups in total. The van der Waals surface area contributed by atoms with Crippen LogP contribution in [-0.2, 0) is 32.1 Å². The van der Waals surface area contributed by atoms with Crippen LogP contribution in [0, 0.1) is 0 Å². The van der Waals surface area contributed by atoms with Crippen LogP contribution in [0.2, 0.25) is 0 Å². The Morgan fingerprint density at radius 1 is 0.852 bits per heavy atom. The Morgan fingerprint density at radius 2 is 1.30 bits per heavy atom. The fraction of sp³-hybridized carbons (Fsp3) is 0.176. The summed E-state index contributed by atoms with van der Waals surface area (Å²) in [5, 5.41) is 24.7. The van der Waals surface area contributed by atoms with Gasteiger partial charge in [0.05, 0.1) is 13.2 Å². The van der Waals surface area contributed by atoms with Gasteiger partial charge in [-0.1, -0.05) is 12.1 Å². The summed E-state index contributed by atoms with van der Waals surface area (Å²) in [6.45, 7) is 0.654. The third-order valence-corrected chi connectivity index (χ3v) is 4.51. The molecule has 0 unspecified atom stereocenters. The monoisotopic (exact) mass is 366 g/mol. The van der Waals surface area contributed by atoms with Crippen molar-refractivity contribution < 1.29 is 28.9 Å². The van der Waals surface area contributed by atoms with Crippen LogP contribution in [0.1, 0.15) is 17.5 Å². The topological polar surface area (TPSA) is 117 Å². The van der Waals surface area contributed by atoms with Gasteiger partial charge >= 0.3 is 14.2 Å². The molecule has 4 rings (SSSR count). The van der Waals surface area contributed by atoms with Crippen molar-refractivity contribution in [2.45, 2.75) is 19.6 Å². The standard InChI is InChI=1S/C17H16B2N2O6/c22-16(20-12-3-1-10-8-26-18(24)14(10)5-12)7-17(23)21-13-4-2-11-9-27-19(25)15(11)6-13/h1-6,24-25H,7-9H2,(H,20,22)(H,21,23). The van der Waals surface area contributed by atoms with Gasteiger partial charge in [-0.25, -0.2) is 0 Å². The number of benzene rings is 2. The number of hydrogen-bond donors (Lipinski definition) is 4. The summed E-state index contributed by atoms with van der Waals surface area (Å²) in [6, 6.07) is 10.2. The van der Waals surface area contributed by atoms with Gasteiger partial charge in [0, 0.05) is 11.4 Å². The van der Waals surface area contributed by atoms with Crippen LogP contribution >= 0.6 is 0 Å². The van der Waals surface area contributed by atoms with E-state index in [2.05, 4.69) is 10.6 Å². The zero-order chi connectivity index (χ0) is 19.0. The number of carbonyl (C=O) groups excluding carboxylic acids is 2. The Labute approximate surface area is 155 Å². The number of amides is 2. The molecule has 2 amide bonds. The van der Waals surface area contributed by atoms with Gasteiger partial charge < -0.3 is 30.0 Å². The van der Waals surface area contributed by atoms with E-state index in [9.17, 15) is 19.6 Å². The lowest BCUT2D eigenvalue weighted by molar-refractivity contribution is -0.123. The molecule has 0 aliphatic carbocycles. The minimum absolute atomic E-state index is 0.327. The molecule has 2 aromatic carbocycles. The summed E-state index contributed by atoms with van der Waals surface area (Å²) in [5.74, 6) is -0.962. The highest BCUT2D eigenvalue weighted by molar-refractivity contribution is 6.62. The number of hydrogen-bond acceptors (Lipinski definition) is 6. The molecule has 0 atom stereocenters. The molecule has 2 heterocycles. The van der Waals surface area contributed by atoms with Gasteiger partial charge in [0.2, 0.25) is 11.8 Å². The lowest BCUT2D eigenvalue weighted by Crippen LogP contribution is -2.29. The van der Waals surface area contributed by atoms with Crippen LogP contribution in [0.5, 0.6) is 0 Å². The van der Waals surface area contributed by atoms with Crippen molar-refractivity contribution in [2.75, 3.05) is 10.6 Å². The first kappa shape index (κ1) is 17.7. The van der Waals surface area contributed by atoms with Crippen LogP contribution in [0.4, 0.5) is 11.4 Å². The van der Waals surface area contributed by atoms with E-state index in [-0.39, 0.29) is 6.42 Å². The maximum absolute atomic E-state index is 12.1. The molecule has 0 radical (unpaired) electrons. The van der Waals surface area contributed by atoms with Crippen LogP contribution in [0.3, 0.4) is 0 Å². The largest absolute Gasteiger partial charge is 0.491 e. The molecule has 0 saturated heterocycles. The lowest BCUT2D eigenvalue weighted by atomic mass is 9.79. The van der Waals surface area contributed by atoms with E-state index < -0.39 is 26.1 Å². The van der Waals surface area contributed by atoms with E-state index >= 15 is 0 Å². The van der Waals surface area contributed by atoms with Crippen molar-refractivity contribution in [2.24, 2.45) is 0 Å². The minimum Gasteiger partial charge on any atom is -0.423 e. The highest BCUT2D eigenvalue weighted by Crippen LogP contribution is 2.16. The van der Waals surface area contributed by atoms with Gasteiger partial charge in [0.15, 0.2) is 0 Å². The molecular formula is C17H16B2N2O6. The van der Waals surface area contributed by atoms with Crippen molar-refractivity contribution in [1.29, 1.82) is 0 Å². The van der Waals surface area contributed by atoms with Gasteiger partial charge in [0.25, 0.3) is 0 Å². The number of anilines is 2. The first-order valence-electron chi connectivity index (χ1n) is 8.44. The molecule has 0 spiro atoms. The van der Waals surface area contributed by atoms with Gasteiger partial charge in [-0.15, -0.1) is 0 Å². The molecule has 27 heavy (non-hydrogen) atoms. The molecular weight excluding hydrogens is 350 g/mol. The van der Waals surface area contributed by atoms with E-state index in [1.165, 1.54) is 0 Å². The third kappa shape index (κ3) is 3.74. The molecule has 8 nitrogen and oxygen atoms in total. The Balaban J connectivity index is 1.35. The molecule has 0 aromatic heterocycles. The second kappa shape index (κ2) is 7.16. The van der Waals surface area contributed by atoms with Crippen LogP contribution in [0.15, 0.2) is 36.4 Å². The second-order valence-electron chi connectivity index (χ2n) is 6.43. The number of nitrogens with one attached hydrogen (secondary N) is 2. The van der Waals surface area contributed by atoms with Crippen LogP contribution in [-0.4, -0.2) is 36.1 Å². The third-order valence-electron chi connectivity index (χ3n) is 4.51. The molecule has 0 bridgehead atoms. The van der Waals surface area contributed by atoms with Gasteiger partial charge in [0.1, 0.15) is 6.42 Å². The Kier molecular flexibility index (Phi) is 4.71. The average molecular weight is 366 g/mol. The molecule has 10 heteroatoms. The first-order valence-corrected chi connectivity index (χ1v) is 8.44. The molecule has 0 fully saturated rings. The van der Waals surface area contributed by atoms with E-state index in [4.69, 9.17) is 9.31 Å². The molecule has 136 valence electrons. The predicted molar refractivity (Wildman–Crippen MR) is 99.6 cm³/mol. The molecule has 0 saturated carbocycles. The summed E-state index contributed by atoms with van der Waals surface area (Å²) < 4.78 is 10.2. The van der Waals surface area contributed by atoms with Gasteiger partial charge in [-0.3, -0.25) is 9.59 Å². The van der Waals surface area contributed by atoms with Crippen molar-refractivity contribution in [3.05, 3.63) is 47.5 Å². The summed E-state index contributed by atoms with van der Waals surface area (Å²) in [4.78, 5) is 24.2. The van der Waals surface area contributed by atoms with Crippen LogP contribution in [0.25, 0.3) is 0 Å². The average Bonchev–Trinajstić information content (AvgIpc) is 3.18. The maximum atomic E-state index is 12.1. The first-order chi connectivity index (χ1) is 13.0. The second-order valence-corrected chi connectivity index (χ2v) is 6.43. The predicted octanol–water partition coefficient (Wildman–Crippen LogP) is -0.911. The van der Waals surface area contributed by atoms with Crippen molar-refractivity contribution >= 4 is 48.4 Å². The number of carbonyl (C=O) groups is 2. The molecule has 2 aromatic rings. The van der Waals surface area contributed by atoms with Crippen molar-refractivity contribution in [3.63, 3.8) is 0 Å². The normalized spacial score (nSPS) is 14.7. The summed E-state index contributed by atoms with van der Waals surface area (Å²) in [6.07, 6.45) is -0.369. The maximum Gasteiger partial charge on any atom is 0.491 e. The minimum atomic E-state index is -1.00. The number of fused-ring (bicyclic) bond motifs is 2. The quantitative estimate of drug-likeness (QED) is 0.411. The van der Waals surface area contributed by atoms with E-state index in [1.807, 2.05) is 0 Å². The van der Waals surface area contributed by atoms with Crippen molar-refractivity contribution in [3.8, 4) is 0 Å². The van der Waals surface area contributed by atoms with Crippen LogP contribution < -0.4 is 21.6 Å². The fourth-order valence-electron chi connectivity index (χ4n) is 3.14.